The first-order valence-electron chi connectivity index (χ1n) is 8.69. The predicted octanol–water partition coefficient (Wildman–Crippen LogP) is 4.18. The van der Waals surface area contributed by atoms with Crippen molar-refractivity contribution in [1.82, 2.24) is 0 Å². The van der Waals surface area contributed by atoms with Crippen molar-refractivity contribution in [2.45, 2.75) is 42.8 Å². The second-order valence-electron chi connectivity index (χ2n) is 6.89. The summed E-state index contributed by atoms with van der Waals surface area (Å²) in [6.45, 7) is 0. The van der Waals surface area contributed by atoms with Gasteiger partial charge in [0.2, 0.25) is 10.0 Å². The van der Waals surface area contributed by atoms with E-state index >= 15 is 0 Å². The van der Waals surface area contributed by atoms with Crippen LogP contribution < -0.4 is 10.5 Å². The molecule has 27 heavy (non-hydrogen) atoms. The average Bonchev–Trinajstić information content (AvgIpc) is 3.01. The predicted molar refractivity (Wildman–Crippen MR) is 97.7 cm³/mol. The lowest BCUT2D eigenvalue weighted by atomic mass is 9.94. The molecule has 2 unspecified atom stereocenters. The third-order valence-corrected chi connectivity index (χ3v) is 5.91. The second-order valence-corrected chi connectivity index (χ2v) is 8.42. The number of nitrogens with two attached hydrogens (primary N) is 1. The zero-order valence-electron chi connectivity index (χ0n) is 14.5. The molecule has 2 aromatic carbocycles. The van der Waals surface area contributed by atoms with Crippen LogP contribution in [0.2, 0.25) is 0 Å². The van der Waals surface area contributed by atoms with Crippen LogP contribution in [0.3, 0.4) is 0 Å². The van der Waals surface area contributed by atoms with Crippen molar-refractivity contribution in [2.75, 3.05) is 5.32 Å². The van der Waals surface area contributed by atoms with Crippen LogP contribution in [0.5, 0.6) is 0 Å². The van der Waals surface area contributed by atoms with Gasteiger partial charge in [0.15, 0.2) is 0 Å². The van der Waals surface area contributed by atoms with Crippen molar-refractivity contribution >= 4 is 15.7 Å². The maximum Gasteiger partial charge on any atom is 0.417 e. The lowest BCUT2D eigenvalue weighted by Crippen LogP contribution is -2.26. The van der Waals surface area contributed by atoms with Gasteiger partial charge in [0, 0.05) is 11.7 Å². The number of nitrogens with one attached hydrogen (secondary N) is 1. The van der Waals surface area contributed by atoms with Gasteiger partial charge >= 0.3 is 6.18 Å². The van der Waals surface area contributed by atoms with Crippen LogP contribution in [0.1, 0.15) is 30.4 Å². The molecule has 2 aromatic rings. The Balaban J connectivity index is 1.82. The highest BCUT2D eigenvalue weighted by Crippen LogP contribution is 2.37. The van der Waals surface area contributed by atoms with Crippen molar-refractivity contribution in [1.29, 1.82) is 0 Å². The first kappa shape index (κ1) is 19.7. The van der Waals surface area contributed by atoms with E-state index in [4.69, 9.17) is 5.14 Å². The maximum absolute atomic E-state index is 13.3. The third kappa shape index (κ3) is 4.81. The van der Waals surface area contributed by atoms with Crippen molar-refractivity contribution < 1.29 is 21.6 Å². The highest BCUT2D eigenvalue weighted by molar-refractivity contribution is 7.89. The number of hydrogen-bond donors (Lipinski definition) is 2. The summed E-state index contributed by atoms with van der Waals surface area (Å²) in [6, 6.07) is 13.1. The number of anilines is 1. The van der Waals surface area contributed by atoms with Crippen LogP contribution >= 0.6 is 0 Å². The quantitative estimate of drug-likeness (QED) is 0.794. The van der Waals surface area contributed by atoms with Crippen molar-refractivity contribution in [2.24, 2.45) is 11.1 Å². The van der Waals surface area contributed by atoms with E-state index in [0.29, 0.717) is 5.92 Å². The molecule has 4 nitrogen and oxygen atoms in total. The van der Waals surface area contributed by atoms with Crippen LogP contribution in [-0.4, -0.2) is 14.5 Å². The monoisotopic (exact) mass is 398 g/mol. The fraction of sp³-hybridized carbons (Fsp3) is 0.368. The van der Waals surface area contributed by atoms with Gasteiger partial charge in [-0.3, -0.25) is 0 Å². The fourth-order valence-electron chi connectivity index (χ4n) is 3.69. The summed E-state index contributed by atoms with van der Waals surface area (Å²) < 4.78 is 62.8. The van der Waals surface area contributed by atoms with Crippen molar-refractivity contribution in [3.05, 3.63) is 59.7 Å². The molecule has 1 fully saturated rings. The smallest absolute Gasteiger partial charge is 0.382 e. The summed E-state index contributed by atoms with van der Waals surface area (Å²) in [5.74, 6) is 0.305. The minimum atomic E-state index is -4.81. The summed E-state index contributed by atoms with van der Waals surface area (Å²) in [4.78, 5) is -0.909. The van der Waals surface area contributed by atoms with Crippen LogP contribution in [0.4, 0.5) is 18.9 Å². The molecule has 1 aliphatic carbocycles. The molecule has 1 aliphatic rings. The normalized spacial score (nSPS) is 20.6. The Morgan fingerprint density at radius 3 is 2.41 bits per heavy atom. The molecule has 0 spiro atoms. The molecule has 2 atom stereocenters. The molecule has 0 saturated heterocycles. The van der Waals surface area contributed by atoms with Gasteiger partial charge in [-0.15, -0.1) is 0 Å². The Labute approximate surface area is 156 Å². The number of alkyl halides is 3. The molecular formula is C19H21F3N2O2S. The van der Waals surface area contributed by atoms with E-state index in [1.54, 1.807) is 0 Å². The van der Waals surface area contributed by atoms with E-state index in [2.05, 4.69) is 5.32 Å². The molecule has 0 aliphatic heterocycles. The molecular weight excluding hydrogens is 377 g/mol. The summed E-state index contributed by atoms with van der Waals surface area (Å²) >= 11 is 0. The average molecular weight is 398 g/mol. The number of hydrogen-bond acceptors (Lipinski definition) is 3. The largest absolute Gasteiger partial charge is 0.417 e. The Kier molecular flexibility index (Phi) is 5.48. The number of sulfonamides is 1. The van der Waals surface area contributed by atoms with Crippen LogP contribution in [0.25, 0.3) is 0 Å². The minimum absolute atomic E-state index is 0.0339. The standard InChI is InChI=1S/C19H21F3N2O2S/c20-19(21,22)16-12-15(9-10-18(16)27(23,25)26)24-17-8-4-7-14(17)11-13-5-2-1-3-6-13/h1-3,5-6,9-10,12,14,17,24H,4,7-8,11H2,(H2,23,25,26). The molecule has 0 heterocycles. The highest BCUT2D eigenvalue weighted by atomic mass is 32.2. The van der Waals surface area contributed by atoms with Gasteiger partial charge in [0.05, 0.1) is 10.5 Å². The van der Waals surface area contributed by atoms with Gasteiger partial charge in [0.25, 0.3) is 0 Å². The zero-order chi connectivity index (χ0) is 19.7. The van der Waals surface area contributed by atoms with Crippen LogP contribution in [-0.2, 0) is 22.6 Å². The Bertz CT molecular complexity index is 899. The fourth-order valence-corrected chi connectivity index (χ4v) is 4.43. The van der Waals surface area contributed by atoms with E-state index in [9.17, 15) is 21.6 Å². The van der Waals surface area contributed by atoms with Crippen molar-refractivity contribution in [3.8, 4) is 0 Å². The Hall–Kier alpha value is -2.06. The first-order chi connectivity index (χ1) is 12.6. The summed E-state index contributed by atoms with van der Waals surface area (Å²) in [5, 5.41) is 8.09. The molecule has 0 amide bonds. The SMILES string of the molecule is NS(=O)(=O)c1ccc(NC2CCCC2Cc2ccccc2)cc1C(F)(F)F. The van der Waals surface area contributed by atoms with E-state index < -0.39 is 26.7 Å². The third-order valence-electron chi connectivity index (χ3n) is 4.94. The molecule has 0 radical (unpaired) electrons. The van der Waals surface area contributed by atoms with E-state index in [-0.39, 0.29) is 11.7 Å². The molecule has 3 N–H and O–H groups in total. The zero-order valence-corrected chi connectivity index (χ0v) is 15.4. The molecule has 3 rings (SSSR count). The first-order valence-corrected chi connectivity index (χ1v) is 10.2. The second kappa shape index (κ2) is 7.52. The lowest BCUT2D eigenvalue weighted by Gasteiger charge is -2.23. The van der Waals surface area contributed by atoms with Crippen LogP contribution in [0, 0.1) is 5.92 Å². The van der Waals surface area contributed by atoms with Gasteiger partial charge in [0.1, 0.15) is 0 Å². The van der Waals surface area contributed by atoms with Gasteiger partial charge in [-0.2, -0.15) is 13.2 Å². The van der Waals surface area contributed by atoms with Gasteiger partial charge in [-0.1, -0.05) is 36.8 Å². The highest BCUT2D eigenvalue weighted by Gasteiger charge is 2.37. The maximum atomic E-state index is 13.3. The Morgan fingerprint density at radius 1 is 1.07 bits per heavy atom. The van der Waals surface area contributed by atoms with E-state index in [1.807, 2.05) is 30.3 Å². The molecule has 0 aromatic heterocycles. The van der Waals surface area contributed by atoms with Gasteiger partial charge < -0.3 is 5.32 Å². The summed E-state index contributed by atoms with van der Waals surface area (Å²) in [5.41, 5.74) is 0.198. The van der Waals surface area contributed by atoms with Gasteiger partial charge in [-0.25, -0.2) is 13.6 Å². The number of primary sulfonamides is 1. The topological polar surface area (TPSA) is 72.2 Å². The molecule has 8 heteroatoms. The van der Waals surface area contributed by atoms with Gasteiger partial charge in [-0.05, 0) is 48.9 Å². The van der Waals surface area contributed by atoms with E-state index in [0.717, 1.165) is 37.8 Å². The summed E-state index contributed by atoms with van der Waals surface area (Å²) in [6.07, 6.45) is -1.11. The lowest BCUT2D eigenvalue weighted by molar-refractivity contribution is -0.139. The minimum Gasteiger partial charge on any atom is -0.382 e. The molecule has 146 valence electrons. The Morgan fingerprint density at radius 2 is 1.78 bits per heavy atom. The number of halogens is 3. The number of benzene rings is 2. The van der Waals surface area contributed by atoms with Crippen molar-refractivity contribution in [3.63, 3.8) is 0 Å². The van der Waals surface area contributed by atoms with Crippen LogP contribution in [0.15, 0.2) is 53.4 Å². The van der Waals surface area contributed by atoms with E-state index in [1.165, 1.54) is 11.6 Å². The molecule has 0 bridgehead atoms. The summed E-state index contributed by atoms with van der Waals surface area (Å²) in [7, 11) is -4.46. The molecule has 1 saturated carbocycles. The number of rotatable bonds is 5.